The molecule has 0 saturated carbocycles. The van der Waals surface area contributed by atoms with Gasteiger partial charge in [-0.1, -0.05) is 0 Å². The summed E-state index contributed by atoms with van der Waals surface area (Å²) in [6.45, 7) is 4.21. The number of benzene rings is 1. The molecular formula is C17H25ClN2O3S. The van der Waals surface area contributed by atoms with Crippen molar-refractivity contribution in [3.8, 4) is 11.5 Å². The van der Waals surface area contributed by atoms with Crippen LogP contribution in [0.5, 0.6) is 11.5 Å². The van der Waals surface area contributed by atoms with Crippen LogP contribution in [0.1, 0.15) is 19.3 Å². The SMILES string of the molecule is Cl.O=C(CCSc1ccc2c(c1)OCCO2)NCCC1CCNC1. The molecule has 2 heterocycles. The molecule has 1 saturated heterocycles. The number of carbonyl (C=O) groups excluding carboxylic acids is 1. The Labute approximate surface area is 153 Å². The first kappa shape index (κ1) is 19.2. The van der Waals surface area contributed by atoms with Crippen LogP contribution in [-0.2, 0) is 4.79 Å². The Hall–Kier alpha value is -1.11. The molecule has 1 fully saturated rings. The molecule has 0 aromatic heterocycles. The quantitative estimate of drug-likeness (QED) is 0.720. The van der Waals surface area contributed by atoms with E-state index in [1.165, 1.54) is 6.42 Å². The van der Waals surface area contributed by atoms with Crippen LogP contribution in [0.25, 0.3) is 0 Å². The fraction of sp³-hybridized carbons (Fsp3) is 0.588. The molecule has 134 valence electrons. The van der Waals surface area contributed by atoms with Crippen molar-refractivity contribution in [3.63, 3.8) is 0 Å². The van der Waals surface area contributed by atoms with Crippen LogP contribution in [0, 0.1) is 5.92 Å². The van der Waals surface area contributed by atoms with Crippen LogP contribution in [0.2, 0.25) is 0 Å². The summed E-state index contributed by atoms with van der Waals surface area (Å²) >= 11 is 1.67. The maximum atomic E-state index is 11.9. The number of rotatable bonds is 7. The van der Waals surface area contributed by atoms with Gasteiger partial charge in [-0.15, -0.1) is 24.2 Å². The number of amides is 1. The van der Waals surface area contributed by atoms with Crippen molar-refractivity contribution in [2.24, 2.45) is 5.92 Å². The van der Waals surface area contributed by atoms with E-state index in [9.17, 15) is 4.79 Å². The van der Waals surface area contributed by atoms with Crippen molar-refractivity contribution >= 4 is 30.1 Å². The third kappa shape index (κ3) is 5.76. The molecule has 1 aromatic rings. The molecule has 0 spiro atoms. The zero-order chi connectivity index (χ0) is 15.9. The third-order valence-electron chi connectivity index (χ3n) is 4.15. The maximum Gasteiger partial charge on any atom is 0.220 e. The molecule has 2 aliphatic heterocycles. The Morgan fingerprint density at radius 2 is 2.12 bits per heavy atom. The van der Waals surface area contributed by atoms with Gasteiger partial charge in [0.25, 0.3) is 0 Å². The van der Waals surface area contributed by atoms with Gasteiger partial charge >= 0.3 is 0 Å². The van der Waals surface area contributed by atoms with E-state index in [4.69, 9.17) is 9.47 Å². The lowest BCUT2D eigenvalue weighted by Crippen LogP contribution is -2.26. The number of carbonyl (C=O) groups is 1. The average Bonchev–Trinajstić information content (AvgIpc) is 3.08. The molecule has 0 aliphatic carbocycles. The Morgan fingerprint density at radius 1 is 1.29 bits per heavy atom. The minimum atomic E-state index is 0. The highest BCUT2D eigenvalue weighted by Crippen LogP contribution is 2.34. The van der Waals surface area contributed by atoms with Gasteiger partial charge in [-0.25, -0.2) is 0 Å². The van der Waals surface area contributed by atoms with Crippen LogP contribution < -0.4 is 20.1 Å². The minimum Gasteiger partial charge on any atom is -0.486 e. The fourth-order valence-corrected chi connectivity index (χ4v) is 3.72. The largest absolute Gasteiger partial charge is 0.486 e. The van der Waals surface area contributed by atoms with Crippen molar-refractivity contribution in [3.05, 3.63) is 18.2 Å². The van der Waals surface area contributed by atoms with E-state index < -0.39 is 0 Å². The Morgan fingerprint density at radius 3 is 2.92 bits per heavy atom. The fourth-order valence-electron chi connectivity index (χ4n) is 2.84. The van der Waals surface area contributed by atoms with E-state index in [1.807, 2.05) is 18.2 Å². The van der Waals surface area contributed by atoms with Crippen molar-refractivity contribution in [1.82, 2.24) is 10.6 Å². The molecule has 3 rings (SSSR count). The summed E-state index contributed by atoms with van der Waals surface area (Å²) in [6, 6.07) is 5.94. The predicted octanol–water partition coefficient (Wildman–Crippen LogP) is 2.48. The summed E-state index contributed by atoms with van der Waals surface area (Å²) in [5.74, 6) is 3.25. The van der Waals surface area contributed by atoms with Gasteiger partial charge in [0.15, 0.2) is 11.5 Å². The molecule has 1 aromatic carbocycles. The van der Waals surface area contributed by atoms with E-state index in [0.29, 0.717) is 19.6 Å². The number of hydrogen-bond donors (Lipinski definition) is 2. The first-order chi connectivity index (χ1) is 11.3. The molecular weight excluding hydrogens is 348 g/mol. The summed E-state index contributed by atoms with van der Waals surface area (Å²) in [6.07, 6.45) is 2.85. The average molecular weight is 373 g/mol. The first-order valence-electron chi connectivity index (χ1n) is 8.31. The van der Waals surface area contributed by atoms with Gasteiger partial charge in [0.05, 0.1) is 0 Å². The number of nitrogens with one attached hydrogen (secondary N) is 2. The molecule has 0 radical (unpaired) electrons. The van der Waals surface area contributed by atoms with Gasteiger partial charge in [-0.3, -0.25) is 4.79 Å². The highest BCUT2D eigenvalue weighted by molar-refractivity contribution is 7.99. The van der Waals surface area contributed by atoms with Crippen LogP contribution in [0.15, 0.2) is 23.1 Å². The maximum absolute atomic E-state index is 11.9. The highest BCUT2D eigenvalue weighted by Gasteiger charge is 2.14. The van der Waals surface area contributed by atoms with Crippen LogP contribution >= 0.6 is 24.2 Å². The van der Waals surface area contributed by atoms with Crippen LogP contribution in [-0.4, -0.2) is 44.5 Å². The van der Waals surface area contributed by atoms with E-state index in [-0.39, 0.29) is 18.3 Å². The summed E-state index contributed by atoms with van der Waals surface area (Å²) < 4.78 is 11.1. The zero-order valence-electron chi connectivity index (χ0n) is 13.7. The second-order valence-corrected chi connectivity index (χ2v) is 7.07. The highest BCUT2D eigenvalue weighted by atomic mass is 35.5. The van der Waals surface area contributed by atoms with E-state index in [1.54, 1.807) is 11.8 Å². The number of ether oxygens (including phenoxy) is 2. The lowest BCUT2D eigenvalue weighted by atomic mass is 10.1. The molecule has 0 bridgehead atoms. The second kappa shape index (κ2) is 10.0. The van der Waals surface area contributed by atoms with Crippen LogP contribution in [0.4, 0.5) is 0 Å². The molecule has 24 heavy (non-hydrogen) atoms. The van der Waals surface area contributed by atoms with Gasteiger partial charge in [-0.05, 0) is 50.0 Å². The molecule has 5 nitrogen and oxygen atoms in total. The number of fused-ring (bicyclic) bond motifs is 1. The monoisotopic (exact) mass is 372 g/mol. The lowest BCUT2D eigenvalue weighted by Gasteiger charge is -2.18. The van der Waals surface area contributed by atoms with Crippen molar-refractivity contribution < 1.29 is 14.3 Å². The van der Waals surface area contributed by atoms with Crippen molar-refractivity contribution in [2.45, 2.75) is 24.2 Å². The number of hydrogen-bond acceptors (Lipinski definition) is 5. The molecule has 1 atom stereocenters. The van der Waals surface area contributed by atoms with Crippen molar-refractivity contribution in [2.75, 3.05) is 38.6 Å². The zero-order valence-corrected chi connectivity index (χ0v) is 15.3. The molecule has 2 N–H and O–H groups in total. The third-order valence-corrected chi connectivity index (χ3v) is 5.14. The van der Waals surface area contributed by atoms with Crippen molar-refractivity contribution in [1.29, 1.82) is 0 Å². The van der Waals surface area contributed by atoms with Gasteiger partial charge in [0.1, 0.15) is 13.2 Å². The molecule has 7 heteroatoms. The van der Waals surface area contributed by atoms with E-state index in [2.05, 4.69) is 10.6 Å². The van der Waals surface area contributed by atoms with Gasteiger partial charge in [-0.2, -0.15) is 0 Å². The summed E-state index contributed by atoms with van der Waals surface area (Å²) in [5, 5.41) is 6.37. The first-order valence-corrected chi connectivity index (χ1v) is 9.30. The van der Waals surface area contributed by atoms with Gasteiger partial charge in [0.2, 0.25) is 5.91 Å². The topological polar surface area (TPSA) is 59.6 Å². The Balaban J connectivity index is 0.00000208. The normalized spacial score (nSPS) is 18.8. The van der Waals surface area contributed by atoms with Gasteiger partial charge in [0, 0.05) is 23.6 Å². The standard InChI is InChI=1S/C17H24N2O3S.ClH/c20-17(19-7-4-13-3-6-18-12-13)5-10-23-14-1-2-15-16(11-14)22-9-8-21-15;/h1-2,11,13,18H,3-10,12H2,(H,19,20);1H. The Bertz CT molecular complexity index is 539. The second-order valence-electron chi connectivity index (χ2n) is 5.90. The van der Waals surface area contributed by atoms with E-state index in [0.717, 1.165) is 54.1 Å². The molecule has 2 aliphatic rings. The van der Waals surface area contributed by atoms with Gasteiger partial charge < -0.3 is 20.1 Å². The summed E-state index contributed by atoms with van der Waals surface area (Å²) in [7, 11) is 0. The number of thioether (sulfide) groups is 1. The molecule has 1 unspecified atom stereocenters. The lowest BCUT2D eigenvalue weighted by molar-refractivity contribution is -0.120. The predicted molar refractivity (Wildman–Crippen MR) is 98.6 cm³/mol. The Kier molecular flexibility index (Phi) is 8.02. The smallest absolute Gasteiger partial charge is 0.220 e. The number of halogens is 1. The van der Waals surface area contributed by atoms with E-state index >= 15 is 0 Å². The minimum absolute atomic E-state index is 0. The molecule has 1 amide bonds. The van der Waals surface area contributed by atoms with Crippen LogP contribution in [0.3, 0.4) is 0 Å². The summed E-state index contributed by atoms with van der Waals surface area (Å²) in [5.41, 5.74) is 0. The summed E-state index contributed by atoms with van der Waals surface area (Å²) in [4.78, 5) is 13.0.